The summed E-state index contributed by atoms with van der Waals surface area (Å²) in [5.74, 6) is -1.47. The van der Waals surface area contributed by atoms with Gasteiger partial charge >= 0.3 is 12.0 Å². The Kier molecular flexibility index (Phi) is 2.63. The van der Waals surface area contributed by atoms with E-state index in [9.17, 15) is 9.59 Å². The van der Waals surface area contributed by atoms with Crippen LogP contribution in [0.5, 0.6) is 0 Å². The molecule has 0 aliphatic heterocycles. The molecule has 1 aromatic heterocycles. The van der Waals surface area contributed by atoms with Crippen molar-refractivity contribution in [1.82, 2.24) is 0 Å². The monoisotopic (exact) mass is 180 g/mol. The number of Topliss-reactive ketones (excluding diaryl/α,β-unsaturated/α-hetero) is 2. The van der Waals surface area contributed by atoms with E-state index in [2.05, 4.69) is 4.79 Å². The summed E-state index contributed by atoms with van der Waals surface area (Å²) in [6.07, 6.45) is 0.585. The molecule has 1 aromatic rings. The quantitative estimate of drug-likeness (QED) is 0.227. The van der Waals surface area contributed by atoms with E-state index in [4.69, 9.17) is 5.53 Å². The Balaban J connectivity index is 2.86. The SMILES string of the molecule is [N-]=[N+]=CC(=O)C(=O)c1cccs1. The number of thiophene rings is 1. The van der Waals surface area contributed by atoms with Crippen molar-refractivity contribution >= 4 is 29.1 Å². The fraction of sp³-hybridized carbons (Fsp3) is 0. The Bertz CT molecular complexity index is 349. The smallest absolute Gasteiger partial charge is 0.331 e. The summed E-state index contributed by atoms with van der Waals surface area (Å²) in [5.41, 5.74) is 7.98. The zero-order chi connectivity index (χ0) is 8.97. The van der Waals surface area contributed by atoms with Gasteiger partial charge in [-0.1, -0.05) is 6.07 Å². The molecule has 0 N–H and O–H groups in total. The van der Waals surface area contributed by atoms with Crippen molar-refractivity contribution in [2.24, 2.45) is 0 Å². The molecule has 5 heteroatoms. The summed E-state index contributed by atoms with van der Waals surface area (Å²) in [4.78, 5) is 24.7. The number of carbonyl (C=O) groups excluding carboxylic acids is 2. The number of hydrogen-bond acceptors (Lipinski definition) is 3. The van der Waals surface area contributed by atoms with Crippen LogP contribution in [-0.4, -0.2) is 22.6 Å². The average molecular weight is 180 g/mol. The third-order valence-electron chi connectivity index (χ3n) is 1.14. The van der Waals surface area contributed by atoms with Crippen molar-refractivity contribution in [2.75, 3.05) is 0 Å². The second-order valence-electron chi connectivity index (χ2n) is 1.92. The van der Waals surface area contributed by atoms with Gasteiger partial charge in [-0.15, -0.1) is 11.3 Å². The summed E-state index contributed by atoms with van der Waals surface area (Å²) in [6, 6.07) is 3.21. The Labute approximate surface area is 72.1 Å². The van der Waals surface area contributed by atoms with Crippen molar-refractivity contribution in [1.29, 1.82) is 0 Å². The van der Waals surface area contributed by atoms with Crippen LogP contribution in [0.1, 0.15) is 9.67 Å². The Morgan fingerprint density at radius 1 is 1.58 bits per heavy atom. The molecule has 0 aliphatic rings. The molecule has 0 atom stereocenters. The van der Waals surface area contributed by atoms with Gasteiger partial charge in [0, 0.05) is 0 Å². The second kappa shape index (κ2) is 3.71. The molecule has 4 nitrogen and oxygen atoms in total. The zero-order valence-electron chi connectivity index (χ0n) is 5.93. The summed E-state index contributed by atoms with van der Waals surface area (Å²) >= 11 is 1.17. The lowest BCUT2D eigenvalue weighted by Crippen LogP contribution is -2.14. The second-order valence-corrected chi connectivity index (χ2v) is 2.86. The van der Waals surface area contributed by atoms with Crippen LogP contribution in [0.2, 0.25) is 0 Å². The normalized spacial score (nSPS) is 8.67. The highest BCUT2D eigenvalue weighted by Gasteiger charge is 2.17. The molecule has 12 heavy (non-hydrogen) atoms. The summed E-state index contributed by atoms with van der Waals surface area (Å²) < 4.78 is 0. The minimum Gasteiger partial charge on any atom is -0.361 e. The van der Waals surface area contributed by atoms with Gasteiger partial charge in [-0.3, -0.25) is 9.59 Å². The fourth-order valence-electron chi connectivity index (χ4n) is 0.640. The topological polar surface area (TPSA) is 70.5 Å². The largest absolute Gasteiger partial charge is 0.361 e. The van der Waals surface area contributed by atoms with Crippen molar-refractivity contribution in [3.8, 4) is 0 Å². The Hall–Kier alpha value is -1.58. The summed E-state index contributed by atoms with van der Waals surface area (Å²) in [7, 11) is 0. The molecule has 0 saturated carbocycles. The van der Waals surface area contributed by atoms with Gasteiger partial charge in [0.15, 0.2) is 0 Å². The highest BCUT2D eigenvalue weighted by Crippen LogP contribution is 2.08. The van der Waals surface area contributed by atoms with Gasteiger partial charge in [0.2, 0.25) is 5.78 Å². The first-order chi connectivity index (χ1) is 5.75. The number of carbonyl (C=O) groups is 2. The minimum atomic E-state index is -0.819. The van der Waals surface area contributed by atoms with Crippen molar-refractivity contribution in [3.05, 3.63) is 27.9 Å². The van der Waals surface area contributed by atoms with E-state index in [1.54, 1.807) is 11.4 Å². The number of nitrogens with zero attached hydrogens (tertiary/aromatic N) is 2. The molecule has 0 fully saturated rings. The first-order valence-electron chi connectivity index (χ1n) is 3.05. The van der Waals surface area contributed by atoms with Crippen molar-refractivity contribution in [3.63, 3.8) is 0 Å². The van der Waals surface area contributed by atoms with Crippen LogP contribution in [-0.2, 0) is 4.79 Å². The third kappa shape index (κ3) is 1.72. The highest BCUT2D eigenvalue weighted by molar-refractivity contribution is 7.13. The summed E-state index contributed by atoms with van der Waals surface area (Å²) in [6.45, 7) is 0. The van der Waals surface area contributed by atoms with Crippen LogP contribution in [0.15, 0.2) is 17.5 Å². The zero-order valence-corrected chi connectivity index (χ0v) is 6.75. The first-order valence-corrected chi connectivity index (χ1v) is 3.93. The molecular formula is C7H4N2O2S. The molecular weight excluding hydrogens is 176 g/mol. The van der Waals surface area contributed by atoms with E-state index in [-0.39, 0.29) is 0 Å². The highest BCUT2D eigenvalue weighted by atomic mass is 32.1. The maximum Gasteiger partial charge on any atom is 0.331 e. The van der Waals surface area contributed by atoms with Crippen molar-refractivity contribution in [2.45, 2.75) is 0 Å². The number of hydrogen-bond donors (Lipinski definition) is 0. The maximum absolute atomic E-state index is 11.1. The Morgan fingerprint density at radius 3 is 2.83 bits per heavy atom. The number of rotatable bonds is 3. The Morgan fingerprint density at radius 2 is 2.33 bits per heavy atom. The van der Waals surface area contributed by atoms with Gasteiger partial charge in [-0.2, -0.15) is 4.79 Å². The molecule has 0 saturated heterocycles. The van der Waals surface area contributed by atoms with Gasteiger partial charge in [0.05, 0.1) is 4.88 Å². The van der Waals surface area contributed by atoms with Crippen LogP contribution in [0.4, 0.5) is 0 Å². The third-order valence-corrected chi connectivity index (χ3v) is 2.01. The van der Waals surface area contributed by atoms with Gasteiger partial charge in [0.25, 0.3) is 0 Å². The van der Waals surface area contributed by atoms with Crippen LogP contribution < -0.4 is 0 Å². The minimum absolute atomic E-state index is 0.347. The average Bonchev–Trinajstić information content (AvgIpc) is 2.55. The molecule has 1 heterocycles. The molecule has 1 rings (SSSR count). The van der Waals surface area contributed by atoms with E-state index in [1.807, 2.05) is 0 Å². The van der Waals surface area contributed by atoms with Crippen LogP contribution in [0.3, 0.4) is 0 Å². The lowest BCUT2D eigenvalue weighted by molar-refractivity contribution is -0.112. The van der Waals surface area contributed by atoms with E-state index >= 15 is 0 Å². The van der Waals surface area contributed by atoms with Gasteiger partial charge in [0.1, 0.15) is 0 Å². The van der Waals surface area contributed by atoms with E-state index in [0.717, 1.165) is 0 Å². The predicted molar refractivity (Wildman–Crippen MR) is 43.3 cm³/mol. The molecule has 0 radical (unpaired) electrons. The van der Waals surface area contributed by atoms with Gasteiger partial charge < -0.3 is 5.53 Å². The maximum atomic E-state index is 11.1. The molecule has 0 bridgehead atoms. The lowest BCUT2D eigenvalue weighted by atomic mass is 10.2. The van der Waals surface area contributed by atoms with Crippen molar-refractivity contribution < 1.29 is 14.4 Å². The molecule has 0 amide bonds. The lowest BCUT2D eigenvalue weighted by Gasteiger charge is -1.84. The number of ketones is 2. The molecule has 60 valence electrons. The van der Waals surface area contributed by atoms with Crippen LogP contribution in [0.25, 0.3) is 5.53 Å². The van der Waals surface area contributed by atoms with E-state index in [1.165, 1.54) is 17.4 Å². The first kappa shape index (κ1) is 8.52. The molecule has 0 aromatic carbocycles. The molecule has 0 unspecified atom stereocenters. The van der Waals surface area contributed by atoms with Gasteiger partial charge in [-0.05, 0) is 11.4 Å². The molecule has 0 spiro atoms. The fourth-order valence-corrected chi connectivity index (χ4v) is 1.31. The van der Waals surface area contributed by atoms with Crippen LogP contribution >= 0.6 is 11.3 Å². The van der Waals surface area contributed by atoms with E-state index in [0.29, 0.717) is 11.1 Å². The van der Waals surface area contributed by atoms with Gasteiger partial charge in [-0.25, -0.2) is 0 Å². The molecule has 0 aliphatic carbocycles. The van der Waals surface area contributed by atoms with E-state index < -0.39 is 11.6 Å². The van der Waals surface area contributed by atoms with Crippen LogP contribution in [0, 0.1) is 0 Å². The predicted octanol–water partition coefficient (Wildman–Crippen LogP) is 0.801. The standard InChI is InChI=1S/C7H4N2O2S/c8-9-4-5(10)7(11)6-2-1-3-12-6/h1-4H. The summed E-state index contributed by atoms with van der Waals surface area (Å²) in [5, 5.41) is 1.69.